The standard InChI is InChI=1S/C21H17ClN2O4S/c1-13(25)15-10-14(22)6-7-18(15)28-12-21(26)24-17(19-4-2-8-27-19)11-16(23-24)20-5-3-9-29-20/h2-10,17H,11-12H2,1H3. The van der Waals surface area contributed by atoms with E-state index in [2.05, 4.69) is 5.10 Å². The van der Waals surface area contributed by atoms with E-state index in [0.29, 0.717) is 28.5 Å². The highest BCUT2D eigenvalue weighted by Crippen LogP contribution is 2.34. The molecule has 29 heavy (non-hydrogen) atoms. The van der Waals surface area contributed by atoms with Gasteiger partial charge < -0.3 is 9.15 Å². The van der Waals surface area contributed by atoms with Gasteiger partial charge in [-0.15, -0.1) is 11.3 Å². The fraction of sp³-hybridized carbons (Fsp3) is 0.190. The molecule has 0 saturated heterocycles. The first-order valence-corrected chi connectivity index (χ1v) is 10.2. The van der Waals surface area contributed by atoms with Crippen LogP contribution < -0.4 is 4.74 Å². The molecule has 0 fully saturated rings. The molecular formula is C21H17ClN2O4S. The number of nitrogens with zero attached hydrogens (tertiary/aromatic N) is 2. The van der Waals surface area contributed by atoms with Crippen molar-refractivity contribution in [2.45, 2.75) is 19.4 Å². The van der Waals surface area contributed by atoms with Gasteiger partial charge >= 0.3 is 0 Å². The average Bonchev–Trinajstić information content (AvgIpc) is 3.47. The first-order valence-electron chi connectivity index (χ1n) is 8.93. The number of furan rings is 1. The largest absolute Gasteiger partial charge is 0.483 e. The van der Waals surface area contributed by atoms with Crippen LogP contribution in [0.4, 0.5) is 0 Å². The number of hydrazone groups is 1. The van der Waals surface area contributed by atoms with E-state index in [4.69, 9.17) is 20.8 Å². The van der Waals surface area contributed by atoms with E-state index in [1.165, 1.54) is 18.0 Å². The molecule has 0 radical (unpaired) electrons. The van der Waals surface area contributed by atoms with E-state index in [1.807, 2.05) is 23.6 Å². The molecular weight excluding hydrogens is 412 g/mol. The van der Waals surface area contributed by atoms with Gasteiger partial charge in [0.05, 0.1) is 22.4 Å². The Kier molecular flexibility index (Phi) is 5.51. The number of rotatable bonds is 6. The van der Waals surface area contributed by atoms with Crippen LogP contribution in [0.25, 0.3) is 0 Å². The molecule has 148 valence electrons. The SMILES string of the molecule is CC(=O)c1cc(Cl)ccc1OCC(=O)N1N=C(c2cccs2)CC1c1ccco1. The topological polar surface area (TPSA) is 72.1 Å². The number of ether oxygens (including phenoxy) is 1. The highest BCUT2D eigenvalue weighted by molar-refractivity contribution is 7.12. The van der Waals surface area contributed by atoms with Crippen LogP contribution in [0.15, 0.2) is 63.6 Å². The van der Waals surface area contributed by atoms with E-state index in [-0.39, 0.29) is 24.3 Å². The minimum Gasteiger partial charge on any atom is -0.483 e. The van der Waals surface area contributed by atoms with Crippen molar-refractivity contribution in [3.05, 3.63) is 75.3 Å². The van der Waals surface area contributed by atoms with E-state index < -0.39 is 0 Å². The number of thiophene rings is 1. The second kappa shape index (κ2) is 8.23. The molecule has 1 aliphatic heterocycles. The van der Waals surface area contributed by atoms with Gasteiger partial charge in [0.1, 0.15) is 17.6 Å². The van der Waals surface area contributed by atoms with Gasteiger partial charge in [-0.3, -0.25) is 9.59 Å². The first-order chi connectivity index (χ1) is 14.0. The minimum absolute atomic E-state index is 0.192. The average molecular weight is 429 g/mol. The summed E-state index contributed by atoms with van der Waals surface area (Å²) in [6, 6.07) is 11.9. The highest BCUT2D eigenvalue weighted by atomic mass is 35.5. The number of ketones is 1. The Hall–Kier alpha value is -2.90. The molecule has 1 amide bonds. The monoisotopic (exact) mass is 428 g/mol. The van der Waals surface area contributed by atoms with Gasteiger partial charge in [-0.1, -0.05) is 17.7 Å². The molecule has 0 saturated carbocycles. The number of amides is 1. The predicted octanol–water partition coefficient (Wildman–Crippen LogP) is 4.95. The van der Waals surface area contributed by atoms with Crippen LogP contribution in [-0.4, -0.2) is 29.0 Å². The van der Waals surface area contributed by atoms with Crippen LogP contribution in [0.2, 0.25) is 5.02 Å². The summed E-state index contributed by atoms with van der Waals surface area (Å²) in [5.41, 5.74) is 1.16. The van der Waals surface area contributed by atoms with E-state index in [0.717, 1.165) is 10.6 Å². The summed E-state index contributed by atoms with van der Waals surface area (Å²) in [5, 5.41) is 8.33. The number of carbonyl (C=O) groups excluding carboxylic acids is 2. The molecule has 0 aliphatic carbocycles. The number of Topliss-reactive ketones (excluding diaryl/α,β-unsaturated/α-hetero) is 1. The summed E-state index contributed by atoms with van der Waals surface area (Å²) >= 11 is 7.53. The second-order valence-electron chi connectivity index (χ2n) is 6.48. The van der Waals surface area contributed by atoms with Crippen LogP contribution in [0.5, 0.6) is 5.75 Å². The molecule has 3 heterocycles. The van der Waals surface area contributed by atoms with Gasteiger partial charge in [-0.25, -0.2) is 5.01 Å². The van der Waals surface area contributed by atoms with Crippen molar-refractivity contribution in [3.63, 3.8) is 0 Å². The molecule has 8 heteroatoms. The van der Waals surface area contributed by atoms with Crippen molar-refractivity contribution in [2.75, 3.05) is 6.61 Å². The predicted molar refractivity (Wildman–Crippen MR) is 111 cm³/mol. The number of hydrogen-bond acceptors (Lipinski definition) is 6. The smallest absolute Gasteiger partial charge is 0.281 e. The lowest BCUT2D eigenvalue weighted by Crippen LogP contribution is -2.31. The maximum absolute atomic E-state index is 12.9. The van der Waals surface area contributed by atoms with Gasteiger partial charge in [0.25, 0.3) is 5.91 Å². The summed E-state index contributed by atoms with van der Waals surface area (Å²) in [6.45, 7) is 1.16. The molecule has 1 atom stereocenters. The van der Waals surface area contributed by atoms with Crippen molar-refractivity contribution in [1.82, 2.24) is 5.01 Å². The maximum Gasteiger partial charge on any atom is 0.281 e. The van der Waals surface area contributed by atoms with E-state index in [1.54, 1.807) is 35.8 Å². The molecule has 0 bridgehead atoms. The number of benzene rings is 1. The molecule has 2 aromatic heterocycles. The third-order valence-corrected chi connectivity index (χ3v) is 5.67. The number of carbonyl (C=O) groups is 2. The van der Waals surface area contributed by atoms with Gasteiger partial charge in [-0.05, 0) is 48.7 Å². The van der Waals surface area contributed by atoms with Crippen molar-refractivity contribution < 1.29 is 18.7 Å². The minimum atomic E-state index is -0.337. The van der Waals surface area contributed by atoms with Gasteiger partial charge in [0.15, 0.2) is 12.4 Å². The molecule has 6 nitrogen and oxygen atoms in total. The molecule has 3 aromatic rings. The first kappa shape index (κ1) is 19.4. The summed E-state index contributed by atoms with van der Waals surface area (Å²) in [6.07, 6.45) is 2.13. The fourth-order valence-corrected chi connectivity index (χ4v) is 4.04. The zero-order valence-electron chi connectivity index (χ0n) is 15.5. The Bertz CT molecular complexity index is 1060. The zero-order chi connectivity index (χ0) is 20.4. The zero-order valence-corrected chi connectivity index (χ0v) is 17.1. The fourth-order valence-electron chi connectivity index (χ4n) is 3.14. The lowest BCUT2D eigenvalue weighted by atomic mass is 10.1. The third-order valence-electron chi connectivity index (χ3n) is 4.52. The summed E-state index contributed by atoms with van der Waals surface area (Å²) in [7, 11) is 0. The van der Waals surface area contributed by atoms with E-state index in [9.17, 15) is 9.59 Å². The lowest BCUT2D eigenvalue weighted by molar-refractivity contribution is -0.135. The summed E-state index contributed by atoms with van der Waals surface area (Å²) in [5.74, 6) is 0.445. The maximum atomic E-state index is 12.9. The van der Waals surface area contributed by atoms with Crippen LogP contribution in [0.1, 0.15) is 40.4 Å². The van der Waals surface area contributed by atoms with Crippen LogP contribution in [-0.2, 0) is 4.79 Å². The van der Waals surface area contributed by atoms with Gasteiger partial charge in [0, 0.05) is 11.4 Å². The Morgan fingerprint density at radius 1 is 1.31 bits per heavy atom. The Balaban J connectivity index is 1.55. The Labute approximate surface area is 176 Å². The van der Waals surface area contributed by atoms with Crippen LogP contribution in [0.3, 0.4) is 0 Å². The molecule has 1 aliphatic rings. The van der Waals surface area contributed by atoms with Crippen LogP contribution in [0, 0.1) is 0 Å². The summed E-state index contributed by atoms with van der Waals surface area (Å²) < 4.78 is 11.2. The third kappa shape index (κ3) is 4.11. The number of halogens is 1. The summed E-state index contributed by atoms with van der Waals surface area (Å²) in [4.78, 5) is 25.8. The van der Waals surface area contributed by atoms with Crippen molar-refractivity contribution in [2.24, 2.45) is 5.10 Å². The second-order valence-corrected chi connectivity index (χ2v) is 7.87. The van der Waals surface area contributed by atoms with Gasteiger partial charge in [0.2, 0.25) is 0 Å². The Morgan fingerprint density at radius 2 is 2.17 bits per heavy atom. The molecule has 1 unspecified atom stereocenters. The lowest BCUT2D eigenvalue weighted by Gasteiger charge is -2.20. The molecule has 1 aromatic carbocycles. The molecule has 0 spiro atoms. The highest BCUT2D eigenvalue weighted by Gasteiger charge is 2.35. The van der Waals surface area contributed by atoms with Crippen molar-refractivity contribution in [1.29, 1.82) is 0 Å². The van der Waals surface area contributed by atoms with Crippen LogP contribution >= 0.6 is 22.9 Å². The van der Waals surface area contributed by atoms with Crippen molar-refractivity contribution >= 4 is 40.3 Å². The molecule has 0 N–H and O–H groups in total. The molecule has 4 rings (SSSR count). The quantitative estimate of drug-likeness (QED) is 0.520. The normalized spacial score (nSPS) is 16.0. The van der Waals surface area contributed by atoms with Crippen molar-refractivity contribution in [3.8, 4) is 5.75 Å². The Morgan fingerprint density at radius 3 is 2.86 bits per heavy atom. The van der Waals surface area contributed by atoms with Gasteiger partial charge in [-0.2, -0.15) is 5.10 Å². The number of hydrogen-bond donors (Lipinski definition) is 0. The van der Waals surface area contributed by atoms with E-state index >= 15 is 0 Å².